The van der Waals surface area contributed by atoms with E-state index in [9.17, 15) is 9.59 Å². The minimum atomic E-state index is -0.615. The van der Waals surface area contributed by atoms with Gasteiger partial charge in [0.05, 0.1) is 24.6 Å². The van der Waals surface area contributed by atoms with Crippen LogP contribution in [0.1, 0.15) is 39.2 Å². The summed E-state index contributed by atoms with van der Waals surface area (Å²) in [6.45, 7) is 5.65. The molecule has 2 amide bonds. The number of hydrogen-bond donors (Lipinski definition) is 2. The molecule has 0 aromatic carbocycles. The van der Waals surface area contributed by atoms with E-state index in [0.29, 0.717) is 42.3 Å². The number of likely N-dealkylation sites (N-methyl/N-ethyl adjacent to an activating group) is 1. The van der Waals surface area contributed by atoms with E-state index in [2.05, 4.69) is 37.4 Å². The smallest absolute Gasteiger partial charge is 0.410 e. The van der Waals surface area contributed by atoms with E-state index >= 15 is 0 Å². The van der Waals surface area contributed by atoms with Gasteiger partial charge in [0.1, 0.15) is 12.1 Å². The fourth-order valence-electron chi connectivity index (χ4n) is 2.50. The SMILES string of the molecule is COc1ccc(Nc2nc(Cl)ncc2C#CCCCNC(=O)CN(C)C(=O)OC(C)(C)C)cn1. The number of carbonyl (C=O) groups is 2. The second kappa shape index (κ2) is 12.6. The van der Waals surface area contributed by atoms with E-state index in [1.54, 1.807) is 46.2 Å². The molecule has 34 heavy (non-hydrogen) atoms. The summed E-state index contributed by atoms with van der Waals surface area (Å²) in [7, 11) is 3.06. The summed E-state index contributed by atoms with van der Waals surface area (Å²) in [6.07, 6.45) is 3.77. The first kappa shape index (κ1) is 26.7. The van der Waals surface area contributed by atoms with Gasteiger partial charge in [-0.1, -0.05) is 11.8 Å². The summed E-state index contributed by atoms with van der Waals surface area (Å²) in [4.78, 5) is 37.5. The van der Waals surface area contributed by atoms with Crippen LogP contribution in [0.4, 0.5) is 16.3 Å². The van der Waals surface area contributed by atoms with Crippen molar-refractivity contribution in [2.75, 3.05) is 32.6 Å². The maximum atomic E-state index is 12.0. The van der Waals surface area contributed by atoms with Crippen molar-refractivity contribution < 1.29 is 19.1 Å². The second-order valence-corrected chi connectivity index (χ2v) is 8.55. The summed E-state index contributed by atoms with van der Waals surface area (Å²) in [6, 6.07) is 3.51. The van der Waals surface area contributed by atoms with Gasteiger partial charge in [-0.15, -0.1) is 0 Å². The molecule has 2 N–H and O–H groups in total. The summed E-state index contributed by atoms with van der Waals surface area (Å²) in [5, 5.41) is 5.97. The van der Waals surface area contributed by atoms with Crippen LogP contribution in [-0.4, -0.2) is 64.7 Å². The molecule has 0 bridgehead atoms. The maximum absolute atomic E-state index is 12.0. The number of pyridine rings is 1. The standard InChI is InChI=1S/C23H29ClN6O4/c1-23(2,3)34-22(32)30(4)15-18(31)25-12-8-6-7-9-16-13-27-21(24)29-20(16)28-17-10-11-19(33-5)26-14-17/h10-11,13-14H,6,8,12,15H2,1-5H3,(H,25,31)(H,27,28,29). The number of amides is 2. The minimum absolute atomic E-state index is 0.0854. The molecule has 2 heterocycles. The lowest BCUT2D eigenvalue weighted by Crippen LogP contribution is -2.41. The van der Waals surface area contributed by atoms with Crippen LogP contribution in [0.25, 0.3) is 0 Å². The molecule has 2 aromatic rings. The highest BCUT2D eigenvalue weighted by Crippen LogP contribution is 2.20. The number of rotatable bonds is 8. The Morgan fingerprint density at radius 3 is 2.62 bits per heavy atom. The van der Waals surface area contributed by atoms with E-state index in [1.807, 2.05) is 0 Å². The van der Waals surface area contributed by atoms with E-state index < -0.39 is 11.7 Å². The fraction of sp³-hybridized carbons (Fsp3) is 0.435. The van der Waals surface area contributed by atoms with Gasteiger partial charge < -0.3 is 25.0 Å². The molecule has 0 aliphatic heterocycles. The van der Waals surface area contributed by atoms with Crippen molar-refractivity contribution in [2.24, 2.45) is 0 Å². The van der Waals surface area contributed by atoms with Crippen molar-refractivity contribution in [3.63, 3.8) is 0 Å². The van der Waals surface area contributed by atoms with Crippen molar-refractivity contribution in [3.8, 4) is 17.7 Å². The molecule has 182 valence electrons. The number of hydrogen-bond acceptors (Lipinski definition) is 8. The maximum Gasteiger partial charge on any atom is 0.410 e. The molecule has 0 aliphatic rings. The van der Waals surface area contributed by atoms with E-state index in [-0.39, 0.29) is 17.7 Å². The average Bonchev–Trinajstić information content (AvgIpc) is 2.76. The number of unbranched alkanes of at least 4 members (excludes halogenated alkanes) is 1. The number of nitrogens with one attached hydrogen (secondary N) is 2. The minimum Gasteiger partial charge on any atom is -0.481 e. The number of aromatic nitrogens is 3. The number of ether oxygens (including phenoxy) is 2. The molecule has 0 atom stereocenters. The van der Waals surface area contributed by atoms with Gasteiger partial charge >= 0.3 is 6.09 Å². The van der Waals surface area contributed by atoms with Crippen LogP contribution < -0.4 is 15.4 Å². The Bertz CT molecular complexity index is 1040. The number of nitrogens with zero attached hydrogens (tertiary/aromatic N) is 4. The Hall–Kier alpha value is -3.58. The monoisotopic (exact) mass is 488 g/mol. The largest absolute Gasteiger partial charge is 0.481 e. The highest BCUT2D eigenvalue weighted by atomic mass is 35.5. The lowest BCUT2D eigenvalue weighted by Gasteiger charge is -2.24. The molecule has 0 unspecified atom stereocenters. The Kier molecular flexibility index (Phi) is 9.89. The molecule has 0 spiro atoms. The molecular weight excluding hydrogens is 460 g/mol. The topological polar surface area (TPSA) is 119 Å². The van der Waals surface area contributed by atoms with Crippen molar-refractivity contribution in [3.05, 3.63) is 35.4 Å². The van der Waals surface area contributed by atoms with Crippen LogP contribution in [0.15, 0.2) is 24.5 Å². The number of anilines is 2. The first-order valence-electron chi connectivity index (χ1n) is 10.6. The van der Waals surface area contributed by atoms with Crippen LogP contribution in [0.2, 0.25) is 5.28 Å². The molecule has 11 heteroatoms. The molecule has 0 saturated carbocycles. The normalized spacial score (nSPS) is 10.5. The molecule has 2 aromatic heterocycles. The van der Waals surface area contributed by atoms with Gasteiger partial charge in [-0.3, -0.25) is 4.79 Å². The van der Waals surface area contributed by atoms with Gasteiger partial charge in [0.25, 0.3) is 0 Å². The van der Waals surface area contributed by atoms with Gasteiger partial charge in [-0.05, 0) is 44.9 Å². The number of methoxy groups -OCH3 is 1. The lowest BCUT2D eigenvalue weighted by atomic mass is 10.2. The third-order valence-electron chi connectivity index (χ3n) is 4.08. The summed E-state index contributed by atoms with van der Waals surface area (Å²) in [5.41, 5.74) is 0.650. The van der Waals surface area contributed by atoms with Gasteiger partial charge in [0.2, 0.25) is 17.1 Å². The molecule has 0 fully saturated rings. The van der Waals surface area contributed by atoms with Crippen LogP contribution in [0.5, 0.6) is 5.88 Å². The lowest BCUT2D eigenvalue weighted by molar-refractivity contribution is -0.122. The molecule has 0 saturated heterocycles. The number of halogens is 1. The molecule has 0 aliphatic carbocycles. The molecule has 0 radical (unpaired) electrons. The highest BCUT2D eigenvalue weighted by molar-refractivity contribution is 6.28. The van der Waals surface area contributed by atoms with Crippen LogP contribution in [0.3, 0.4) is 0 Å². The third kappa shape index (κ3) is 9.50. The van der Waals surface area contributed by atoms with E-state index in [0.717, 1.165) is 0 Å². The van der Waals surface area contributed by atoms with Gasteiger partial charge in [0, 0.05) is 32.3 Å². The van der Waals surface area contributed by atoms with Crippen molar-refractivity contribution >= 4 is 35.1 Å². The van der Waals surface area contributed by atoms with Crippen LogP contribution in [-0.2, 0) is 9.53 Å². The van der Waals surface area contributed by atoms with Gasteiger partial charge in [-0.2, -0.15) is 4.98 Å². The van der Waals surface area contributed by atoms with Gasteiger partial charge in [0.15, 0.2) is 5.82 Å². The van der Waals surface area contributed by atoms with E-state index in [1.165, 1.54) is 18.1 Å². The Morgan fingerprint density at radius 1 is 1.21 bits per heavy atom. The second-order valence-electron chi connectivity index (χ2n) is 8.21. The fourth-order valence-corrected chi connectivity index (χ4v) is 2.63. The summed E-state index contributed by atoms with van der Waals surface area (Å²) in [5.74, 6) is 6.74. The van der Waals surface area contributed by atoms with Gasteiger partial charge in [-0.25, -0.2) is 14.8 Å². The quantitative estimate of drug-likeness (QED) is 0.330. The third-order valence-corrected chi connectivity index (χ3v) is 4.26. The number of carbonyl (C=O) groups excluding carboxylic acids is 2. The molecular formula is C23H29ClN6O4. The molecule has 2 rings (SSSR count). The average molecular weight is 489 g/mol. The first-order chi connectivity index (χ1) is 16.1. The Labute approximate surface area is 204 Å². The summed E-state index contributed by atoms with van der Waals surface area (Å²) >= 11 is 5.93. The summed E-state index contributed by atoms with van der Waals surface area (Å²) < 4.78 is 10.3. The van der Waals surface area contributed by atoms with Crippen molar-refractivity contribution in [1.29, 1.82) is 0 Å². The Morgan fingerprint density at radius 2 is 1.97 bits per heavy atom. The van der Waals surface area contributed by atoms with Crippen LogP contribution in [0, 0.1) is 11.8 Å². The molecule has 10 nitrogen and oxygen atoms in total. The zero-order valence-electron chi connectivity index (χ0n) is 19.9. The Balaban J connectivity index is 1.82. The highest BCUT2D eigenvalue weighted by Gasteiger charge is 2.20. The van der Waals surface area contributed by atoms with E-state index in [4.69, 9.17) is 21.1 Å². The predicted octanol–water partition coefficient (Wildman–Crippen LogP) is 3.39. The van der Waals surface area contributed by atoms with Crippen LogP contribution >= 0.6 is 11.6 Å². The zero-order valence-corrected chi connectivity index (χ0v) is 20.7. The van der Waals surface area contributed by atoms with Crippen molar-refractivity contribution in [1.82, 2.24) is 25.2 Å². The zero-order chi connectivity index (χ0) is 25.1. The first-order valence-corrected chi connectivity index (χ1v) is 10.9. The predicted molar refractivity (Wildman–Crippen MR) is 129 cm³/mol. The van der Waals surface area contributed by atoms with Crippen molar-refractivity contribution in [2.45, 2.75) is 39.2 Å².